The molecule has 3 aromatic rings. The monoisotopic (exact) mass is 622 g/mol. The Morgan fingerprint density at radius 3 is 1.80 bits per heavy atom. The van der Waals surface area contributed by atoms with E-state index in [2.05, 4.69) is 129 Å². The second kappa shape index (κ2) is 17.7. The molecule has 6 heteroatoms. The van der Waals surface area contributed by atoms with Crippen LogP contribution >= 0.6 is 21.6 Å². The number of nitrogens with one attached hydrogen (secondary N) is 1. The van der Waals surface area contributed by atoms with Crippen LogP contribution in [0, 0.1) is 0 Å². The number of allylic oxidation sites excluding steroid dienone is 4. The molecule has 1 aromatic heterocycles. The lowest BCUT2D eigenvalue weighted by atomic mass is 10.1. The zero-order valence-corrected chi connectivity index (χ0v) is 27.5. The van der Waals surface area contributed by atoms with Crippen LogP contribution in [0.4, 0.5) is 11.4 Å². The maximum absolute atomic E-state index is 3.97. The maximum Gasteiger partial charge on any atom is 0.169 e. The summed E-state index contributed by atoms with van der Waals surface area (Å²) in [5, 5.41) is 0. The molecule has 1 N–H and O–H groups in total. The third kappa shape index (κ3) is 10.3. The summed E-state index contributed by atoms with van der Waals surface area (Å²) in [6.07, 6.45) is 24.3. The van der Waals surface area contributed by atoms with Gasteiger partial charge in [-0.3, -0.25) is 0 Å². The first-order chi connectivity index (χ1) is 21.8. The summed E-state index contributed by atoms with van der Waals surface area (Å²) in [5.74, 6) is 2.15. The van der Waals surface area contributed by atoms with Crippen LogP contribution < -0.4 is 19.4 Å². The molecule has 4 nitrogen and oxygen atoms in total. The molecule has 2 aliphatic heterocycles. The Labute approximate surface area is 272 Å². The molecular formula is C38H46N4S2+2. The lowest BCUT2D eigenvalue weighted by Gasteiger charge is -2.17. The number of anilines is 2. The molecule has 44 heavy (non-hydrogen) atoms. The molecule has 0 bridgehead atoms. The minimum atomic E-state index is 0.940. The number of hydrogen-bond donors (Lipinski definition) is 1. The standard InChI is InChI=1S/C38H45N4S2/c1-2-33(7-8-34-11-15-37(16-12-34)41-24-3-4-25-41)19-22-39-23-31-43-44-32-30-40-28-20-36(21-29-40)10-9-35-13-17-38(18-14-35)42-26-5-6-27-42/h2,7-22,28-29H,1,3-6,23-27,30-32H2/q+1/p+1/b8-7+,33-19+,39-22?. The van der Waals surface area contributed by atoms with Crippen LogP contribution in [0.5, 0.6) is 0 Å². The molecule has 0 atom stereocenters. The van der Waals surface area contributed by atoms with Crippen molar-refractivity contribution < 1.29 is 9.56 Å². The Hall–Kier alpha value is -3.48. The minimum Gasteiger partial charge on any atom is -0.372 e. The van der Waals surface area contributed by atoms with Gasteiger partial charge in [0.25, 0.3) is 0 Å². The topological polar surface area (TPSA) is 24.3 Å². The van der Waals surface area contributed by atoms with E-state index >= 15 is 0 Å². The summed E-state index contributed by atoms with van der Waals surface area (Å²) in [4.78, 5) is 8.34. The zero-order valence-electron chi connectivity index (χ0n) is 25.8. The quantitative estimate of drug-likeness (QED) is 0.0670. The van der Waals surface area contributed by atoms with E-state index in [4.69, 9.17) is 0 Å². The van der Waals surface area contributed by atoms with E-state index in [-0.39, 0.29) is 0 Å². The van der Waals surface area contributed by atoms with Crippen LogP contribution in [-0.4, -0.2) is 50.4 Å². The molecule has 2 aromatic carbocycles. The van der Waals surface area contributed by atoms with Gasteiger partial charge < -0.3 is 9.80 Å². The van der Waals surface area contributed by atoms with Gasteiger partial charge >= 0.3 is 0 Å². The normalized spacial score (nSPS) is 15.9. The van der Waals surface area contributed by atoms with Gasteiger partial charge in [-0.15, -0.1) is 0 Å². The van der Waals surface area contributed by atoms with Gasteiger partial charge in [-0.2, -0.15) is 0 Å². The van der Waals surface area contributed by atoms with E-state index in [0.29, 0.717) is 0 Å². The summed E-state index contributed by atoms with van der Waals surface area (Å²) in [6.45, 7) is 10.7. The summed E-state index contributed by atoms with van der Waals surface area (Å²) in [7, 11) is 3.85. The van der Waals surface area contributed by atoms with Crippen molar-refractivity contribution in [3.63, 3.8) is 0 Å². The van der Waals surface area contributed by atoms with Crippen molar-refractivity contribution in [3.05, 3.63) is 120 Å². The number of aromatic nitrogens is 1. The summed E-state index contributed by atoms with van der Waals surface area (Å²) in [5.41, 5.74) is 7.45. The number of hydrogen-bond acceptors (Lipinski definition) is 4. The largest absolute Gasteiger partial charge is 0.372 e. The highest BCUT2D eigenvalue weighted by molar-refractivity contribution is 8.76. The number of pyridine rings is 1. The first kappa shape index (κ1) is 31.9. The Bertz CT molecular complexity index is 1410. The Morgan fingerprint density at radius 1 is 0.705 bits per heavy atom. The lowest BCUT2D eigenvalue weighted by molar-refractivity contribution is -0.692. The molecule has 228 valence electrons. The van der Waals surface area contributed by atoms with Crippen molar-refractivity contribution in [2.24, 2.45) is 0 Å². The Kier molecular flexibility index (Phi) is 12.9. The molecule has 0 aliphatic carbocycles. The summed E-state index contributed by atoms with van der Waals surface area (Å²) in [6, 6.07) is 22.2. The van der Waals surface area contributed by atoms with Gasteiger partial charge in [0, 0.05) is 55.8 Å². The molecular weight excluding hydrogens is 577 g/mol. The zero-order chi connectivity index (χ0) is 30.2. The average Bonchev–Trinajstić information content (AvgIpc) is 3.81. The van der Waals surface area contributed by atoms with Crippen molar-refractivity contribution in [1.29, 1.82) is 0 Å². The summed E-state index contributed by atoms with van der Waals surface area (Å²) >= 11 is 0. The molecule has 0 spiro atoms. The lowest BCUT2D eigenvalue weighted by Crippen LogP contribution is -2.69. The van der Waals surface area contributed by atoms with Crippen LogP contribution in [0.25, 0.3) is 18.2 Å². The molecule has 0 radical (unpaired) electrons. The predicted octanol–water partition coefficient (Wildman–Crippen LogP) is 6.70. The van der Waals surface area contributed by atoms with Gasteiger partial charge in [-0.05, 0) is 72.2 Å². The van der Waals surface area contributed by atoms with Crippen LogP contribution in [-0.2, 0) is 6.54 Å². The Balaban J connectivity index is 0.945. The van der Waals surface area contributed by atoms with Gasteiger partial charge in [0.2, 0.25) is 0 Å². The number of aryl methyl sites for hydroxylation is 1. The van der Waals surface area contributed by atoms with Crippen molar-refractivity contribution in [1.82, 2.24) is 0 Å². The molecule has 2 fully saturated rings. The fourth-order valence-corrected chi connectivity index (χ4v) is 7.35. The first-order valence-corrected chi connectivity index (χ1v) is 18.4. The van der Waals surface area contributed by atoms with Gasteiger partial charge in [-0.1, -0.05) is 82.8 Å². The van der Waals surface area contributed by atoms with Crippen LogP contribution in [0.2, 0.25) is 0 Å². The Morgan fingerprint density at radius 2 is 1.23 bits per heavy atom. The smallest absolute Gasteiger partial charge is 0.169 e. The second-order valence-corrected chi connectivity index (χ2v) is 13.9. The van der Waals surface area contributed by atoms with Crippen molar-refractivity contribution >= 4 is 57.4 Å². The highest BCUT2D eigenvalue weighted by Crippen LogP contribution is 2.22. The van der Waals surface area contributed by atoms with E-state index in [9.17, 15) is 0 Å². The van der Waals surface area contributed by atoms with Crippen molar-refractivity contribution in [3.8, 4) is 0 Å². The van der Waals surface area contributed by atoms with Gasteiger partial charge in [-0.25, -0.2) is 9.56 Å². The van der Waals surface area contributed by atoms with Crippen LogP contribution in [0.15, 0.2) is 103 Å². The van der Waals surface area contributed by atoms with Crippen LogP contribution in [0.1, 0.15) is 42.4 Å². The van der Waals surface area contributed by atoms with E-state index in [0.717, 1.165) is 30.2 Å². The average molecular weight is 623 g/mol. The number of rotatable bonds is 15. The molecule has 0 unspecified atom stereocenters. The number of nitrogens with zero attached hydrogens (tertiary/aromatic N) is 3. The minimum absolute atomic E-state index is 0.940. The van der Waals surface area contributed by atoms with Gasteiger partial charge in [0.15, 0.2) is 31.7 Å². The fraction of sp³-hybridized carbons (Fsp3) is 0.316. The number of benzene rings is 2. The van der Waals surface area contributed by atoms with Gasteiger partial charge in [0.05, 0.1) is 11.5 Å². The van der Waals surface area contributed by atoms with Crippen LogP contribution in [0.3, 0.4) is 0 Å². The fourth-order valence-electron chi connectivity index (χ4n) is 5.45. The first-order valence-electron chi connectivity index (χ1n) is 16.0. The SMILES string of the molecule is C=CC(/C=C/c1ccc(N2CCCC2)cc1)=C\C=[NH+]CCSSCC[n+]1ccc(/C=C/c2ccc(N3CCCC3)cc2)cc1. The van der Waals surface area contributed by atoms with Crippen molar-refractivity contribution in [2.75, 3.05) is 54.0 Å². The molecule has 0 amide bonds. The molecule has 0 saturated carbocycles. The van der Waals surface area contributed by atoms with Crippen molar-refractivity contribution in [2.45, 2.75) is 32.2 Å². The second-order valence-electron chi connectivity index (χ2n) is 11.2. The van der Waals surface area contributed by atoms with E-state index in [1.54, 1.807) is 0 Å². The predicted molar refractivity (Wildman–Crippen MR) is 195 cm³/mol. The highest BCUT2D eigenvalue weighted by Gasteiger charge is 2.12. The highest BCUT2D eigenvalue weighted by atomic mass is 33.1. The summed E-state index contributed by atoms with van der Waals surface area (Å²) < 4.78 is 2.26. The van der Waals surface area contributed by atoms with E-state index in [1.807, 2.05) is 33.9 Å². The maximum atomic E-state index is 3.97. The van der Waals surface area contributed by atoms with E-state index in [1.165, 1.54) is 79.9 Å². The molecule has 5 rings (SSSR count). The van der Waals surface area contributed by atoms with Gasteiger partial charge in [0.1, 0.15) is 0 Å². The molecule has 2 aliphatic rings. The molecule has 3 heterocycles. The molecule has 2 saturated heterocycles. The van der Waals surface area contributed by atoms with E-state index < -0.39 is 0 Å². The third-order valence-corrected chi connectivity index (χ3v) is 10.4. The third-order valence-electron chi connectivity index (χ3n) is 8.06.